The minimum absolute atomic E-state index is 0.0594. The number of carbonyl (C=O) groups is 2. The molecular weight excluding hydrogens is 329 g/mol. The zero-order valence-corrected chi connectivity index (χ0v) is 13.1. The predicted octanol–water partition coefficient (Wildman–Crippen LogP) is 1.90. The van der Waals surface area contributed by atoms with Crippen LogP contribution in [-0.4, -0.2) is 54.2 Å². The molecule has 24 heavy (non-hydrogen) atoms. The number of rotatable bonds is 1. The van der Waals surface area contributed by atoms with Gasteiger partial charge in [0, 0.05) is 18.7 Å². The number of furan rings is 1. The minimum Gasteiger partial charge on any atom is -0.475 e. The Balaban J connectivity index is 0.000000256. The Kier molecular flexibility index (Phi) is 5.53. The fraction of sp³-hybridized carbons (Fsp3) is 0.600. The lowest BCUT2D eigenvalue weighted by atomic mass is 9.86. The summed E-state index contributed by atoms with van der Waals surface area (Å²) in [5, 5.41) is 10.6. The van der Waals surface area contributed by atoms with E-state index >= 15 is 0 Å². The SMILES string of the molecule is Cc1ccoc1C(=O)N1C[C@@H]2CNC[C@@H](C2)C1.O=C(O)C(F)(F)F. The van der Waals surface area contributed by atoms with Crippen molar-refractivity contribution in [1.29, 1.82) is 0 Å². The van der Waals surface area contributed by atoms with Crippen molar-refractivity contribution < 1.29 is 32.3 Å². The van der Waals surface area contributed by atoms with E-state index in [9.17, 15) is 18.0 Å². The van der Waals surface area contributed by atoms with E-state index in [1.54, 1.807) is 6.26 Å². The van der Waals surface area contributed by atoms with Crippen LogP contribution in [0.2, 0.25) is 0 Å². The number of alkyl halides is 3. The number of nitrogens with zero attached hydrogens (tertiary/aromatic N) is 1. The molecule has 2 atom stereocenters. The van der Waals surface area contributed by atoms with Gasteiger partial charge < -0.3 is 19.7 Å². The quantitative estimate of drug-likeness (QED) is 0.810. The summed E-state index contributed by atoms with van der Waals surface area (Å²) < 4.78 is 37.0. The molecule has 0 aliphatic carbocycles. The van der Waals surface area contributed by atoms with Gasteiger partial charge in [-0.2, -0.15) is 13.2 Å². The Labute approximate surface area is 136 Å². The Bertz CT molecular complexity index is 588. The molecule has 3 heterocycles. The van der Waals surface area contributed by atoms with Gasteiger partial charge in [0.15, 0.2) is 5.76 Å². The molecule has 0 radical (unpaired) electrons. The average Bonchev–Trinajstić information content (AvgIpc) is 2.92. The van der Waals surface area contributed by atoms with E-state index in [0.717, 1.165) is 31.7 Å². The van der Waals surface area contributed by atoms with Crippen LogP contribution in [0.25, 0.3) is 0 Å². The molecule has 2 bridgehead atoms. The molecule has 1 aromatic heterocycles. The van der Waals surface area contributed by atoms with Crippen molar-refractivity contribution >= 4 is 11.9 Å². The first kappa shape index (κ1) is 18.3. The molecule has 2 fully saturated rings. The van der Waals surface area contributed by atoms with Gasteiger partial charge in [0.2, 0.25) is 0 Å². The van der Waals surface area contributed by atoms with Crippen molar-refractivity contribution in [2.24, 2.45) is 11.8 Å². The molecule has 3 rings (SSSR count). The maximum atomic E-state index is 12.3. The van der Waals surface area contributed by atoms with E-state index in [4.69, 9.17) is 14.3 Å². The van der Waals surface area contributed by atoms with Crippen molar-refractivity contribution in [2.75, 3.05) is 26.2 Å². The standard InChI is InChI=1S/C13H18N2O2.C2HF3O2/c1-9-2-3-17-12(9)13(16)15-7-10-4-11(8-15)6-14-5-10;3-2(4,5)1(6)7/h2-3,10-11,14H,4-8H2,1H3;(H,6,7)/t10-,11+;. The molecule has 0 aromatic carbocycles. The van der Waals surface area contributed by atoms with Gasteiger partial charge >= 0.3 is 12.1 Å². The van der Waals surface area contributed by atoms with Gasteiger partial charge in [-0.3, -0.25) is 4.79 Å². The third kappa shape index (κ3) is 4.50. The molecule has 2 aliphatic heterocycles. The van der Waals surface area contributed by atoms with Crippen LogP contribution in [-0.2, 0) is 4.79 Å². The van der Waals surface area contributed by atoms with E-state index in [1.165, 1.54) is 6.42 Å². The van der Waals surface area contributed by atoms with Gasteiger partial charge in [-0.25, -0.2) is 4.79 Å². The van der Waals surface area contributed by atoms with Crippen LogP contribution < -0.4 is 5.32 Å². The third-order valence-corrected chi connectivity index (χ3v) is 4.08. The molecule has 134 valence electrons. The second-order valence-electron chi connectivity index (χ2n) is 6.07. The number of carboxylic acid groups (broad SMARTS) is 1. The summed E-state index contributed by atoms with van der Waals surface area (Å²) in [6.45, 7) is 5.73. The number of hydrogen-bond donors (Lipinski definition) is 2. The molecule has 0 saturated carbocycles. The highest BCUT2D eigenvalue weighted by Crippen LogP contribution is 2.26. The summed E-state index contributed by atoms with van der Waals surface area (Å²) in [5.41, 5.74) is 0.934. The number of halogens is 3. The van der Waals surface area contributed by atoms with Crippen LogP contribution in [0.3, 0.4) is 0 Å². The predicted molar refractivity (Wildman–Crippen MR) is 77.5 cm³/mol. The second-order valence-corrected chi connectivity index (χ2v) is 6.07. The van der Waals surface area contributed by atoms with Gasteiger partial charge in [-0.05, 0) is 44.3 Å². The summed E-state index contributed by atoms with van der Waals surface area (Å²) in [5.74, 6) is -0.960. The number of aryl methyl sites for hydroxylation is 1. The summed E-state index contributed by atoms with van der Waals surface area (Å²) in [6, 6.07) is 1.85. The molecule has 9 heteroatoms. The van der Waals surface area contributed by atoms with Crippen LogP contribution in [0.5, 0.6) is 0 Å². The minimum atomic E-state index is -5.08. The molecule has 0 spiro atoms. The first-order valence-electron chi connectivity index (χ1n) is 7.52. The lowest BCUT2D eigenvalue weighted by molar-refractivity contribution is -0.192. The summed E-state index contributed by atoms with van der Waals surface area (Å²) in [4.78, 5) is 23.2. The number of carbonyl (C=O) groups excluding carboxylic acids is 1. The number of carboxylic acids is 1. The van der Waals surface area contributed by atoms with Crippen LogP contribution in [0.1, 0.15) is 22.5 Å². The molecule has 0 unspecified atom stereocenters. The largest absolute Gasteiger partial charge is 0.490 e. The Morgan fingerprint density at radius 3 is 2.25 bits per heavy atom. The van der Waals surface area contributed by atoms with Crippen LogP contribution in [0.4, 0.5) is 13.2 Å². The highest BCUT2D eigenvalue weighted by atomic mass is 19.4. The van der Waals surface area contributed by atoms with Gasteiger partial charge in [-0.1, -0.05) is 0 Å². The number of hydrogen-bond acceptors (Lipinski definition) is 4. The monoisotopic (exact) mass is 348 g/mol. The molecule has 1 amide bonds. The molecule has 1 aromatic rings. The maximum Gasteiger partial charge on any atom is 0.490 e. The molecule has 2 N–H and O–H groups in total. The normalized spacial score (nSPS) is 23.2. The van der Waals surface area contributed by atoms with E-state index in [0.29, 0.717) is 17.6 Å². The third-order valence-electron chi connectivity index (χ3n) is 4.08. The zero-order valence-electron chi connectivity index (χ0n) is 13.1. The molecule has 6 nitrogen and oxygen atoms in total. The molecule has 2 aliphatic rings. The fourth-order valence-corrected chi connectivity index (χ4v) is 3.01. The van der Waals surface area contributed by atoms with E-state index in [-0.39, 0.29) is 5.91 Å². The molecule has 2 saturated heterocycles. The van der Waals surface area contributed by atoms with Crippen LogP contribution in [0.15, 0.2) is 16.7 Å². The second kappa shape index (κ2) is 7.25. The number of nitrogens with one attached hydrogen (secondary N) is 1. The lowest BCUT2D eigenvalue weighted by Gasteiger charge is -2.41. The van der Waals surface area contributed by atoms with E-state index < -0.39 is 12.1 Å². The van der Waals surface area contributed by atoms with E-state index in [1.807, 2.05) is 17.9 Å². The van der Waals surface area contributed by atoms with Crippen LogP contribution in [0, 0.1) is 18.8 Å². The number of amides is 1. The first-order chi connectivity index (χ1) is 11.2. The van der Waals surface area contributed by atoms with Gasteiger partial charge in [0.05, 0.1) is 6.26 Å². The number of aliphatic carboxylic acids is 1. The Hall–Kier alpha value is -2.03. The van der Waals surface area contributed by atoms with Crippen molar-refractivity contribution in [1.82, 2.24) is 10.2 Å². The van der Waals surface area contributed by atoms with Gasteiger partial charge in [0.1, 0.15) is 0 Å². The highest BCUT2D eigenvalue weighted by Gasteiger charge is 2.38. The zero-order chi connectivity index (χ0) is 17.9. The Morgan fingerprint density at radius 1 is 1.29 bits per heavy atom. The number of piperidine rings is 2. The van der Waals surface area contributed by atoms with Crippen molar-refractivity contribution in [3.05, 3.63) is 23.7 Å². The smallest absolute Gasteiger partial charge is 0.475 e. The summed E-state index contributed by atoms with van der Waals surface area (Å²) in [6.07, 6.45) is -2.23. The highest BCUT2D eigenvalue weighted by molar-refractivity contribution is 5.92. The lowest BCUT2D eigenvalue weighted by Crippen LogP contribution is -2.52. The summed E-state index contributed by atoms with van der Waals surface area (Å²) >= 11 is 0. The Morgan fingerprint density at radius 2 is 1.83 bits per heavy atom. The van der Waals surface area contributed by atoms with Crippen molar-refractivity contribution in [2.45, 2.75) is 19.5 Å². The number of likely N-dealkylation sites (tertiary alicyclic amines) is 1. The maximum absolute atomic E-state index is 12.3. The van der Waals surface area contributed by atoms with Crippen molar-refractivity contribution in [3.8, 4) is 0 Å². The number of fused-ring (bicyclic) bond motifs is 2. The molecular formula is C15H19F3N2O4. The van der Waals surface area contributed by atoms with Gasteiger partial charge in [0.25, 0.3) is 5.91 Å². The van der Waals surface area contributed by atoms with Crippen molar-refractivity contribution in [3.63, 3.8) is 0 Å². The van der Waals surface area contributed by atoms with E-state index in [2.05, 4.69) is 5.32 Å². The van der Waals surface area contributed by atoms with Crippen LogP contribution >= 0.6 is 0 Å². The fourth-order valence-electron chi connectivity index (χ4n) is 3.01. The average molecular weight is 348 g/mol. The summed E-state index contributed by atoms with van der Waals surface area (Å²) in [7, 11) is 0. The first-order valence-corrected chi connectivity index (χ1v) is 7.52. The van der Waals surface area contributed by atoms with Gasteiger partial charge in [-0.15, -0.1) is 0 Å². The topological polar surface area (TPSA) is 82.8 Å².